The topological polar surface area (TPSA) is 15.3 Å². The second kappa shape index (κ2) is 5.45. The van der Waals surface area contributed by atoms with E-state index in [2.05, 4.69) is 31.1 Å². The third kappa shape index (κ3) is 3.06. The maximum absolute atomic E-state index is 13.8. The van der Waals surface area contributed by atoms with Crippen molar-refractivity contribution in [2.45, 2.75) is 39.3 Å². The standard InChI is InChI=1S/C15H22F2N2/c1-9-5-13(17)15(7-12(9)16)18-14-6-11(3)19(4)8-10(14)2/h5,7,10-11,14,18H,6,8H2,1-4H3. The van der Waals surface area contributed by atoms with E-state index >= 15 is 0 Å². The molecular formula is C15H22F2N2. The molecule has 0 bridgehead atoms. The summed E-state index contributed by atoms with van der Waals surface area (Å²) >= 11 is 0. The Balaban J connectivity index is 2.15. The molecule has 0 saturated carbocycles. The van der Waals surface area contributed by atoms with Gasteiger partial charge in [-0.1, -0.05) is 6.92 Å². The second-order valence-electron chi connectivity index (χ2n) is 5.83. The number of piperidine rings is 1. The first-order valence-electron chi connectivity index (χ1n) is 6.81. The van der Waals surface area contributed by atoms with Gasteiger partial charge < -0.3 is 10.2 Å². The fourth-order valence-corrected chi connectivity index (χ4v) is 2.70. The normalized spacial score (nSPS) is 28.4. The second-order valence-corrected chi connectivity index (χ2v) is 5.83. The lowest BCUT2D eigenvalue weighted by atomic mass is 9.89. The lowest BCUT2D eigenvalue weighted by Crippen LogP contribution is -2.48. The van der Waals surface area contributed by atoms with Gasteiger partial charge in [-0.25, -0.2) is 8.78 Å². The van der Waals surface area contributed by atoms with E-state index < -0.39 is 0 Å². The van der Waals surface area contributed by atoms with E-state index in [0.29, 0.717) is 17.5 Å². The first-order chi connectivity index (χ1) is 8.88. The van der Waals surface area contributed by atoms with Gasteiger partial charge >= 0.3 is 0 Å². The predicted molar refractivity (Wildman–Crippen MR) is 74.4 cm³/mol. The maximum Gasteiger partial charge on any atom is 0.146 e. The van der Waals surface area contributed by atoms with Gasteiger partial charge in [-0.05, 0) is 44.9 Å². The largest absolute Gasteiger partial charge is 0.379 e. The van der Waals surface area contributed by atoms with Gasteiger partial charge in [0.05, 0.1) is 5.69 Å². The van der Waals surface area contributed by atoms with Crippen LogP contribution in [-0.2, 0) is 0 Å². The van der Waals surface area contributed by atoms with Crippen molar-refractivity contribution >= 4 is 5.69 Å². The lowest BCUT2D eigenvalue weighted by Gasteiger charge is -2.40. The minimum absolute atomic E-state index is 0.183. The molecule has 1 fully saturated rings. The molecule has 1 N–H and O–H groups in total. The highest BCUT2D eigenvalue weighted by molar-refractivity contribution is 5.48. The molecule has 1 aromatic rings. The molecule has 106 valence electrons. The Bertz CT molecular complexity index is 462. The molecule has 1 saturated heterocycles. The molecule has 2 nitrogen and oxygen atoms in total. The Morgan fingerprint density at radius 3 is 2.58 bits per heavy atom. The minimum atomic E-state index is -0.377. The van der Waals surface area contributed by atoms with Crippen molar-refractivity contribution in [3.8, 4) is 0 Å². The highest BCUT2D eigenvalue weighted by Crippen LogP contribution is 2.26. The van der Waals surface area contributed by atoms with Gasteiger partial charge in [-0.2, -0.15) is 0 Å². The summed E-state index contributed by atoms with van der Waals surface area (Å²) < 4.78 is 27.4. The van der Waals surface area contributed by atoms with E-state index in [1.807, 2.05) is 0 Å². The number of nitrogens with one attached hydrogen (secondary N) is 1. The van der Waals surface area contributed by atoms with Crippen LogP contribution in [0.4, 0.5) is 14.5 Å². The van der Waals surface area contributed by atoms with Crippen molar-refractivity contribution in [1.82, 2.24) is 4.90 Å². The first-order valence-corrected chi connectivity index (χ1v) is 6.81. The first kappa shape index (κ1) is 14.3. The minimum Gasteiger partial charge on any atom is -0.379 e. The fourth-order valence-electron chi connectivity index (χ4n) is 2.70. The van der Waals surface area contributed by atoms with Crippen molar-refractivity contribution < 1.29 is 8.78 Å². The number of nitrogens with zero attached hydrogens (tertiary/aromatic N) is 1. The number of hydrogen-bond acceptors (Lipinski definition) is 2. The van der Waals surface area contributed by atoms with Crippen molar-refractivity contribution in [3.63, 3.8) is 0 Å². The van der Waals surface area contributed by atoms with Gasteiger partial charge in [0.15, 0.2) is 0 Å². The number of rotatable bonds is 2. The molecule has 4 heteroatoms. The monoisotopic (exact) mass is 268 g/mol. The van der Waals surface area contributed by atoms with Gasteiger partial charge in [0, 0.05) is 24.7 Å². The van der Waals surface area contributed by atoms with Gasteiger partial charge in [-0.3, -0.25) is 0 Å². The smallest absolute Gasteiger partial charge is 0.146 e. The van der Waals surface area contributed by atoms with Crippen LogP contribution in [-0.4, -0.2) is 30.6 Å². The molecular weight excluding hydrogens is 246 g/mol. The Morgan fingerprint density at radius 2 is 1.89 bits per heavy atom. The van der Waals surface area contributed by atoms with Crippen molar-refractivity contribution in [3.05, 3.63) is 29.3 Å². The molecule has 2 rings (SSSR count). The Hall–Kier alpha value is -1.16. The zero-order valence-electron chi connectivity index (χ0n) is 12.0. The highest BCUT2D eigenvalue weighted by Gasteiger charge is 2.29. The number of anilines is 1. The molecule has 1 heterocycles. The zero-order valence-corrected chi connectivity index (χ0v) is 12.0. The average Bonchev–Trinajstić information content (AvgIpc) is 2.32. The molecule has 3 atom stereocenters. The van der Waals surface area contributed by atoms with Crippen LogP contribution in [0.1, 0.15) is 25.8 Å². The zero-order chi connectivity index (χ0) is 14.2. The van der Waals surface area contributed by atoms with E-state index in [-0.39, 0.29) is 23.4 Å². The summed E-state index contributed by atoms with van der Waals surface area (Å²) in [4.78, 5) is 2.30. The third-order valence-corrected chi connectivity index (χ3v) is 4.20. The summed E-state index contributed by atoms with van der Waals surface area (Å²) in [6.45, 7) is 6.84. The van der Waals surface area contributed by atoms with E-state index in [9.17, 15) is 8.78 Å². The van der Waals surface area contributed by atoms with Crippen LogP contribution >= 0.6 is 0 Å². The fraction of sp³-hybridized carbons (Fsp3) is 0.600. The molecule has 0 amide bonds. The predicted octanol–water partition coefficient (Wildman–Crippen LogP) is 3.41. The summed E-state index contributed by atoms with van der Waals surface area (Å²) in [5.74, 6) is -0.333. The molecule has 1 aromatic carbocycles. The molecule has 3 unspecified atom stereocenters. The summed E-state index contributed by atoms with van der Waals surface area (Å²) in [7, 11) is 2.10. The van der Waals surface area contributed by atoms with Crippen LogP contribution in [0.2, 0.25) is 0 Å². The van der Waals surface area contributed by atoms with Crippen LogP contribution in [0.15, 0.2) is 12.1 Å². The van der Waals surface area contributed by atoms with Gasteiger partial charge in [0.25, 0.3) is 0 Å². The molecule has 1 aliphatic heterocycles. The average molecular weight is 268 g/mol. The number of likely N-dealkylation sites (tertiary alicyclic amines) is 1. The number of halogens is 2. The quantitative estimate of drug-likeness (QED) is 0.884. The van der Waals surface area contributed by atoms with Crippen molar-refractivity contribution in [1.29, 1.82) is 0 Å². The van der Waals surface area contributed by atoms with E-state index in [0.717, 1.165) is 13.0 Å². The maximum atomic E-state index is 13.8. The van der Waals surface area contributed by atoms with E-state index in [1.165, 1.54) is 12.1 Å². The van der Waals surface area contributed by atoms with Crippen LogP contribution < -0.4 is 5.32 Å². The SMILES string of the molecule is Cc1cc(F)c(NC2CC(C)N(C)CC2C)cc1F. The number of hydrogen-bond donors (Lipinski definition) is 1. The molecule has 0 radical (unpaired) electrons. The third-order valence-electron chi connectivity index (χ3n) is 4.20. The summed E-state index contributed by atoms with van der Waals surface area (Å²) in [5, 5.41) is 3.18. The van der Waals surface area contributed by atoms with Crippen LogP contribution in [0.25, 0.3) is 0 Å². The molecule has 0 aromatic heterocycles. The molecule has 19 heavy (non-hydrogen) atoms. The van der Waals surface area contributed by atoms with Gasteiger partial charge in [0.2, 0.25) is 0 Å². The van der Waals surface area contributed by atoms with Crippen LogP contribution in [0.5, 0.6) is 0 Å². The van der Waals surface area contributed by atoms with Crippen molar-refractivity contribution in [2.24, 2.45) is 5.92 Å². The number of benzene rings is 1. The van der Waals surface area contributed by atoms with Gasteiger partial charge in [-0.15, -0.1) is 0 Å². The Kier molecular flexibility index (Phi) is 4.09. The van der Waals surface area contributed by atoms with Crippen LogP contribution in [0.3, 0.4) is 0 Å². The Labute approximate surface area is 113 Å². The Morgan fingerprint density at radius 1 is 1.21 bits per heavy atom. The van der Waals surface area contributed by atoms with E-state index in [4.69, 9.17) is 0 Å². The number of aryl methyl sites for hydroxylation is 1. The van der Waals surface area contributed by atoms with Gasteiger partial charge in [0.1, 0.15) is 11.6 Å². The van der Waals surface area contributed by atoms with Crippen molar-refractivity contribution in [2.75, 3.05) is 18.9 Å². The molecule has 0 aliphatic carbocycles. The highest BCUT2D eigenvalue weighted by atomic mass is 19.1. The molecule has 0 spiro atoms. The van der Waals surface area contributed by atoms with E-state index in [1.54, 1.807) is 6.92 Å². The summed E-state index contributed by atoms with van der Waals surface area (Å²) in [6, 6.07) is 3.15. The van der Waals surface area contributed by atoms with Crippen LogP contribution in [0, 0.1) is 24.5 Å². The summed E-state index contributed by atoms with van der Waals surface area (Å²) in [5.41, 5.74) is 0.615. The summed E-state index contributed by atoms with van der Waals surface area (Å²) in [6.07, 6.45) is 0.937. The lowest BCUT2D eigenvalue weighted by molar-refractivity contribution is 0.145. The molecule has 1 aliphatic rings.